The summed E-state index contributed by atoms with van der Waals surface area (Å²) in [5.41, 5.74) is -4.72. The van der Waals surface area contributed by atoms with E-state index in [0.29, 0.717) is 10.8 Å². The molecular weight excluding hydrogens is 237 g/mol. The van der Waals surface area contributed by atoms with Gasteiger partial charge in [-0.15, -0.1) is 0 Å². The van der Waals surface area contributed by atoms with Gasteiger partial charge >= 0.3 is 5.51 Å². The van der Waals surface area contributed by atoms with Crippen LogP contribution in [0.5, 0.6) is 0 Å². The summed E-state index contributed by atoms with van der Waals surface area (Å²) in [4.78, 5) is -0.189. The number of halogens is 3. The van der Waals surface area contributed by atoms with Crippen molar-refractivity contribution in [3.8, 4) is 0 Å². The quantitative estimate of drug-likeness (QED) is 0.750. The maximum Gasteiger partial charge on any atom is 0.475 e. The highest BCUT2D eigenvalue weighted by Gasteiger charge is 2.38. The van der Waals surface area contributed by atoms with E-state index in [2.05, 4.69) is 0 Å². The van der Waals surface area contributed by atoms with Crippen LogP contribution in [0.3, 0.4) is 0 Å². The Morgan fingerprint density at radius 3 is 2.25 bits per heavy atom. The predicted molar refractivity (Wildman–Crippen MR) is 56.4 cm³/mol. The average molecular weight is 244 g/mol. The normalized spacial score (nSPS) is 13.9. The van der Waals surface area contributed by atoms with Crippen molar-refractivity contribution >= 4 is 21.6 Å². The summed E-state index contributed by atoms with van der Waals surface area (Å²) in [6.07, 6.45) is 0. The molecule has 0 aliphatic heterocycles. The van der Waals surface area contributed by atoms with Gasteiger partial charge in [0.05, 0.1) is 4.90 Å². The Morgan fingerprint density at radius 2 is 1.56 bits per heavy atom. The highest BCUT2D eigenvalue weighted by molar-refractivity contribution is 7.86. The zero-order valence-corrected chi connectivity index (χ0v) is 8.81. The van der Waals surface area contributed by atoms with E-state index in [1.54, 1.807) is 24.3 Å². The van der Waals surface area contributed by atoms with Crippen LogP contribution in [0.15, 0.2) is 47.4 Å². The van der Waals surface area contributed by atoms with Crippen molar-refractivity contribution < 1.29 is 17.4 Å². The second kappa shape index (κ2) is 3.90. The lowest BCUT2D eigenvalue weighted by atomic mass is 10.1. The summed E-state index contributed by atoms with van der Waals surface area (Å²) in [6.45, 7) is 0. The molecule has 5 heteroatoms. The van der Waals surface area contributed by atoms with Crippen LogP contribution < -0.4 is 0 Å². The van der Waals surface area contributed by atoms with Gasteiger partial charge in [0.2, 0.25) is 0 Å². The third-order valence-corrected chi connectivity index (χ3v) is 3.34. The van der Waals surface area contributed by atoms with Gasteiger partial charge in [-0.3, -0.25) is 0 Å². The molecule has 2 aromatic rings. The fourth-order valence-corrected chi connectivity index (χ4v) is 2.32. The summed E-state index contributed by atoms with van der Waals surface area (Å²) >= 11 is 0. The van der Waals surface area contributed by atoms with E-state index >= 15 is 0 Å². The molecule has 1 atom stereocenters. The first-order chi connectivity index (χ1) is 7.50. The number of hydrogen-bond acceptors (Lipinski definition) is 1. The lowest BCUT2D eigenvalue weighted by molar-refractivity contribution is -0.0384. The Balaban J connectivity index is 2.66. The topological polar surface area (TPSA) is 17.1 Å². The molecular formula is C11H7F3OS. The van der Waals surface area contributed by atoms with Gasteiger partial charge in [0, 0.05) is 0 Å². The van der Waals surface area contributed by atoms with E-state index in [1.807, 2.05) is 0 Å². The molecule has 2 rings (SSSR count). The molecule has 1 nitrogen and oxygen atoms in total. The molecule has 0 aromatic heterocycles. The molecule has 0 spiro atoms. The first kappa shape index (κ1) is 11.1. The number of hydrogen-bond donors (Lipinski definition) is 0. The highest BCUT2D eigenvalue weighted by Crippen LogP contribution is 2.30. The SMILES string of the molecule is O=S(c1cccc2ccccc12)C(F)(F)F. The van der Waals surface area contributed by atoms with E-state index in [4.69, 9.17) is 0 Å². The molecule has 0 saturated heterocycles. The minimum absolute atomic E-state index is 0.189. The fourth-order valence-electron chi connectivity index (χ4n) is 1.48. The standard InChI is InChI=1S/C11H7F3OS/c12-11(13,14)16(15)10-7-3-5-8-4-1-2-6-9(8)10/h1-7H. The molecule has 16 heavy (non-hydrogen) atoms. The molecule has 0 fully saturated rings. The molecule has 0 N–H and O–H groups in total. The van der Waals surface area contributed by atoms with Crippen molar-refractivity contribution in [3.63, 3.8) is 0 Å². The highest BCUT2D eigenvalue weighted by atomic mass is 32.2. The molecule has 0 bridgehead atoms. The van der Waals surface area contributed by atoms with E-state index in [0.717, 1.165) is 0 Å². The number of rotatable bonds is 1. The van der Waals surface area contributed by atoms with Crippen molar-refractivity contribution in [1.29, 1.82) is 0 Å². The van der Waals surface area contributed by atoms with Crippen LogP contribution in [0.4, 0.5) is 13.2 Å². The van der Waals surface area contributed by atoms with Gasteiger partial charge in [0.25, 0.3) is 0 Å². The van der Waals surface area contributed by atoms with Crippen LogP contribution in [0.1, 0.15) is 0 Å². The van der Waals surface area contributed by atoms with Crippen molar-refractivity contribution in [2.45, 2.75) is 10.4 Å². The van der Waals surface area contributed by atoms with Crippen LogP contribution in [0.25, 0.3) is 10.8 Å². The molecule has 2 aromatic carbocycles. The van der Waals surface area contributed by atoms with E-state index in [1.165, 1.54) is 18.2 Å². The van der Waals surface area contributed by atoms with Crippen molar-refractivity contribution in [2.24, 2.45) is 0 Å². The molecule has 84 valence electrons. The fraction of sp³-hybridized carbons (Fsp3) is 0.0909. The lowest BCUT2D eigenvalue weighted by Crippen LogP contribution is -2.16. The second-order valence-electron chi connectivity index (χ2n) is 3.19. The third kappa shape index (κ3) is 1.95. The zero-order valence-electron chi connectivity index (χ0n) is 7.99. The minimum Gasteiger partial charge on any atom is -0.245 e. The summed E-state index contributed by atoms with van der Waals surface area (Å²) < 4.78 is 48.4. The molecule has 0 saturated carbocycles. The maximum absolute atomic E-state index is 12.4. The molecule has 0 radical (unpaired) electrons. The van der Waals surface area contributed by atoms with Crippen LogP contribution >= 0.6 is 0 Å². The Morgan fingerprint density at radius 1 is 0.938 bits per heavy atom. The number of benzene rings is 2. The minimum atomic E-state index is -4.72. The van der Waals surface area contributed by atoms with Crippen LogP contribution in [-0.4, -0.2) is 9.72 Å². The van der Waals surface area contributed by atoms with Crippen LogP contribution in [0, 0.1) is 0 Å². The van der Waals surface area contributed by atoms with Gasteiger partial charge in [0.1, 0.15) is 0 Å². The first-order valence-corrected chi connectivity index (χ1v) is 5.61. The third-order valence-electron chi connectivity index (χ3n) is 2.16. The predicted octanol–water partition coefficient (Wildman–Crippen LogP) is 3.47. The van der Waals surface area contributed by atoms with Gasteiger partial charge in [-0.25, -0.2) is 4.21 Å². The summed E-state index contributed by atoms with van der Waals surface area (Å²) in [7, 11) is -2.98. The zero-order chi connectivity index (χ0) is 11.8. The van der Waals surface area contributed by atoms with Gasteiger partial charge < -0.3 is 0 Å². The number of alkyl halides is 3. The maximum atomic E-state index is 12.4. The molecule has 0 heterocycles. The van der Waals surface area contributed by atoms with Gasteiger partial charge in [-0.05, 0) is 16.8 Å². The van der Waals surface area contributed by atoms with E-state index in [-0.39, 0.29) is 4.90 Å². The van der Waals surface area contributed by atoms with Crippen molar-refractivity contribution in [2.75, 3.05) is 0 Å². The van der Waals surface area contributed by atoms with E-state index < -0.39 is 16.3 Å². The van der Waals surface area contributed by atoms with E-state index in [9.17, 15) is 17.4 Å². The summed E-state index contributed by atoms with van der Waals surface area (Å²) in [6, 6.07) is 11.0. The summed E-state index contributed by atoms with van der Waals surface area (Å²) in [5.74, 6) is 0. The molecule has 0 aliphatic rings. The monoisotopic (exact) mass is 244 g/mol. The smallest absolute Gasteiger partial charge is 0.245 e. The second-order valence-corrected chi connectivity index (χ2v) is 4.63. The lowest BCUT2D eigenvalue weighted by Gasteiger charge is -2.08. The van der Waals surface area contributed by atoms with Gasteiger partial charge in [-0.2, -0.15) is 13.2 Å². The molecule has 1 unspecified atom stereocenters. The van der Waals surface area contributed by atoms with Crippen molar-refractivity contribution in [1.82, 2.24) is 0 Å². The number of fused-ring (bicyclic) bond motifs is 1. The van der Waals surface area contributed by atoms with Gasteiger partial charge in [-0.1, -0.05) is 36.4 Å². The Hall–Kier alpha value is -1.36. The molecule has 0 aliphatic carbocycles. The Kier molecular flexibility index (Phi) is 2.71. The molecule has 0 amide bonds. The Labute approximate surface area is 92.3 Å². The Bertz CT molecular complexity index is 543. The van der Waals surface area contributed by atoms with Crippen LogP contribution in [0.2, 0.25) is 0 Å². The summed E-state index contributed by atoms with van der Waals surface area (Å²) in [5, 5.41) is 1.03. The van der Waals surface area contributed by atoms with Crippen molar-refractivity contribution in [3.05, 3.63) is 42.5 Å². The largest absolute Gasteiger partial charge is 0.475 e. The van der Waals surface area contributed by atoms with Crippen LogP contribution in [-0.2, 0) is 10.8 Å². The first-order valence-electron chi connectivity index (χ1n) is 4.46. The van der Waals surface area contributed by atoms with Gasteiger partial charge in [0.15, 0.2) is 10.8 Å². The average Bonchev–Trinajstić information content (AvgIpc) is 2.26.